The van der Waals surface area contributed by atoms with Crippen LogP contribution in [-0.2, 0) is 9.59 Å². The molecule has 0 saturated carbocycles. The van der Waals surface area contributed by atoms with E-state index in [4.69, 9.17) is 23.2 Å². The molecule has 6 nitrogen and oxygen atoms in total. The van der Waals surface area contributed by atoms with Crippen molar-refractivity contribution in [2.24, 2.45) is 0 Å². The minimum absolute atomic E-state index is 0.0788. The lowest BCUT2D eigenvalue weighted by atomic mass is 10.1. The second-order valence-corrected chi connectivity index (χ2v) is 12.9. The first-order valence-corrected chi connectivity index (χ1v) is 16.4. The Bertz CT molecular complexity index is 1870. The van der Waals surface area contributed by atoms with Crippen LogP contribution in [0.2, 0.25) is 10.0 Å². The van der Waals surface area contributed by atoms with E-state index in [1.54, 1.807) is 60.7 Å². The molecule has 0 radical (unpaired) electrons. The quantitative estimate of drug-likeness (QED) is 0.0987. The summed E-state index contributed by atoms with van der Waals surface area (Å²) in [7, 11) is 0. The number of anilines is 2. The first-order chi connectivity index (χ1) is 22.2. The molecule has 5 aromatic rings. The van der Waals surface area contributed by atoms with Gasteiger partial charge in [-0.2, -0.15) is 0 Å². The predicted molar refractivity (Wildman–Crippen MR) is 191 cm³/mol. The number of benzene rings is 5. The molecule has 5 rings (SSSR count). The Morgan fingerprint density at radius 1 is 0.739 bits per heavy atom. The predicted octanol–water partition coefficient (Wildman–Crippen LogP) is 9.64. The number of carbonyl (C=O) groups excluding carboxylic acids is 3. The van der Waals surface area contributed by atoms with Gasteiger partial charge < -0.3 is 16.0 Å². The molecule has 0 aromatic heterocycles. The van der Waals surface area contributed by atoms with E-state index in [0.717, 1.165) is 20.5 Å². The van der Waals surface area contributed by atoms with Gasteiger partial charge in [-0.05, 0) is 83.9 Å². The summed E-state index contributed by atoms with van der Waals surface area (Å²) in [6, 6.07) is 37.4. The molecule has 0 heterocycles. The molecule has 1 atom stereocenters. The molecule has 0 aliphatic rings. The molecule has 0 bridgehead atoms. The summed E-state index contributed by atoms with van der Waals surface area (Å²) in [4.78, 5) is 40.7. The Kier molecular flexibility index (Phi) is 11.3. The second-order valence-electron chi connectivity index (χ2n) is 9.93. The van der Waals surface area contributed by atoms with Gasteiger partial charge in [-0.1, -0.05) is 99.8 Å². The number of rotatable bonds is 10. The highest BCUT2D eigenvalue weighted by Crippen LogP contribution is 2.37. The molecule has 46 heavy (non-hydrogen) atoms. The van der Waals surface area contributed by atoms with Crippen molar-refractivity contribution in [1.82, 2.24) is 5.32 Å². The van der Waals surface area contributed by atoms with Crippen molar-refractivity contribution in [3.8, 4) is 0 Å². The van der Waals surface area contributed by atoms with Crippen LogP contribution in [0.5, 0.6) is 0 Å². The Balaban J connectivity index is 1.33. The number of hydrogen-bond acceptors (Lipinski definition) is 4. The lowest BCUT2D eigenvalue weighted by Crippen LogP contribution is -2.30. The van der Waals surface area contributed by atoms with E-state index < -0.39 is 17.1 Å². The molecule has 0 aliphatic carbocycles. The van der Waals surface area contributed by atoms with Crippen LogP contribution in [0.4, 0.5) is 11.4 Å². The zero-order chi connectivity index (χ0) is 32.5. The average molecular weight is 731 g/mol. The smallest absolute Gasteiger partial charge is 0.272 e. The van der Waals surface area contributed by atoms with Crippen molar-refractivity contribution in [2.45, 2.75) is 10.1 Å². The summed E-state index contributed by atoms with van der Waals surface area (Å²) in [6.07, 6.45) is 1.61. The van der Waals surface area contributed by atoms with Crippen LogP contribution in [0.3, 0.4) is 0 Å². The number of hydrogen-bond donors (Lipinski definition) is 3. The molecule has 0 fully saturated rings. The zero-order valence-corrected chi connectivity index (χ0v) is 28.0. The van der Waals surface area contributed by atoms with Gasteiger partial charge in [0.2, 0.25) is 5.91 Å². The summed E-state index contributed by atoms with van der Waals surface area (Å²) in [5.41, 5.74) is 2.97. The fourth-order valence-electron chi connectivity index (χ4n) is 4.31. The summed E-state index contributed by atoms with van der Waals surface area (Å²) in [5.74, 6) is -1.17. The third kappa shape index (κ3) is 9.11. The number of amides is 3. The van der Waals surface area contributed by atoms with Crippen LogP contribution >= 0.6 is 50.9 Å². The maximum Gasteiger partial charge on any atom is 0.272 e. The maximum atomic E-state index is 13.5. The third-order valence-corrected chi connectivity index (χ3v) is 8.96. The SMILES string of the molecule is O=C(Nc1ccc(SC(C(=O)Nc2cc(Cl)ccc2Cl)c2ccccc2)cc1)/C(=C/c1ccc(Br)cc1)NC(=O)c1ccccc1. The van der Waals surface area contributed by atoms with Gasteiger partial charge in [-0.25, -0.2) is 0 Å². The maximum absolute atomic E-state index is 13.5. The van der Waals surface area contributed by atoms with Crippen LogP contribution in [-0.4, -0.2) is 17.7 Å². The van der Waals surface area contributed by atoms with Gasteiger partial charge in [0.15, 0.2) is 0 Å². The number of nitrogens with one attached hydrogen (secondary N) is 3. The molecule has 0 spiro atoms. The molecule has 3 amide bonds. The summed E-state index contributed by atoms with van der Waals surface area (Å²) in [6.45, 7) is 0. The number of thioether (sulfide) groups is 1. The molecule has 3 N–H and O–H groups in total. The average Bonchev–Trinajstić information content (AvgIpc) is 3.07. The normalized spacial score (nSPS) is 11.8. The van der Waals surface area contributed by atoms with Crippen molar-refractivity contribution in [2.75, 3.05) is 10.6 Å². The van der Waals surface area contributed by atoms with E-state index in [1.165, 1.54) is 11.8 Å². The van der Waals surface area contributed by atoms with E-state index in [-0.39, 0.29) is 11.6 Å². The lowest BCUT2D eigenvalue weighted by Gasteiger charge is -2.18. The van der Waals surface area contributed by atoms with Gasteiger partial charge in [0.25, 0.3) is 11.8 Å². The minimum atomic E-state index is -0.606. The van der Waals surface area contributed by atoms with Gasteiger partial charge in [0.05, 0.1) is 10.7 Å². The van der Waals surface area contributed by atoms with Gasteiger partial charge in [0, 0.05) is 25.6 Å². The highest BCUT2D eigenvalue weighted by molar-refractivity contribution is 9.10. The fourth-order valence-corrected chi connectivity index (χ4v) is 5.94. The lowest BCUT2D eigenvalue weighted by molar-refractivity contribution is -0.116. The van der Waals surface area contributed by atoms with Crippen molar-refractivity contribution in [3.05, 3.63) is 164 Å². The standard InChI is InChI=1S/C36H26BrCl2N3O3S/c37-26-13-11-23(12-14-26)21-32(42-34(43)25-9-5-2-6-10-25)35(44)40-28-16-18-29(19-17-28)46-33(24-7-3-1-4-8-24)36(45)41-31-22-27(38)15-20-30(31)39/h1-22,33H,(H,40,44)(H,41,45)(H,42,43)/b32-21-. The topological polar surface area (TPSA) is 87.3 Å². The summed E-state index contributed by atoms with van der Waals surface area (Å²) in [5, 5.41) is 8.73. The monoisotopic (exact) mass is 729 g/mol. The van der Waals surface area contributed by atoms with Gasteiger partial charge in [-0.15, -0.1) is 11.8 Å². The minimum Gasteiger partial charge on any atom is -0.323 e. The van der Waals surface area contributed by atoms with Crippen LogP contribution in [0, 0.1) is 0 Å². The first-order valence-electron chi connectivity index (χ1n) is 14.0. The Morgan fingerprint density at radius 2 is 1.39 bits per heavy atom. The molecule has 1 unspecified atom stereocenters. The highest BCUT2D eigenvalue weighted by atomic mass is 79.9. The zero-order valence-electron chi connectivity index (χ0n) is 24.0. The van der Waals surface area contributed by atoms with Crippen molar-refractivity contribution in [3.63, 3.8) is 0 Å². The molecular weight excluding hydrogens is 705 g/mol. The van der Waals surface area contributed by atoms with E-state index in [0.29, 0.717) is 27.0 Å². The van der Waals surface area contributed by atoms with E-state index >= 15 is 0 Å². The fraction of sp³-hybridized carbons (Fsp3) is 0.0278. The largest absolute Gasteiger partial charge is 0.323 e. The van der Waals surface area contributed by atoms with Crippen molar-refractivity contribution < 1.29 is 14.4 Å². The Morgan fingerprint density at radius 3 is 2.07 bits per heavy atom. The molecule has 5 aromatic carbocycles. The molecular formula is C36H26BrCl2N3O3S. The van der Waals surface area contributed by atoms with Crippen LogP contribution < -0.4 is 16.0 Å². The van der Waals surface area contributed by atoms with Gasteiger partial charge in [-0.3, -0.25) is 14.4 Å². The first kappa shape index (κ1) is 33.0. The van der Waals surface area contributed by atoms with Crippen molar-refractivity contribution >= 4 is 86.1 Å². The van der Waals surface area contributed by atoms with E-state index in [9.17, 15) is 14.4 Å². The Hall–Kier alpha value is -4.34. The molecule has 0 saturated heterocycles. The molecule has 10 heteroatoms. The van der Waals surface area contributed by atoms with Crippen LogP contribution in [0.15, 0.2) is 142 Å². The molecule has 0 aliphatic heterocycles. The Labute approximate surface area is 289 Å². The van der Waals surface area contributed by atoms with E-state index in [1.807, 2.05) is 72.8 Å². The van der Waals surface area contributed by atoms with Crippen LogP contribution in [0.1, 0.15) is 26.7 Å². The second kappa shape index (κ2) is 15.8. The molecule has 230 valence electrons. The van der Waals surface area contributed by atoms with Crippen LogP contribution in [0.25, 0.3) is 6.08 Å². The van der Waals surface area contributed by atoms with Gasteiger partial charge >= 0.3 is 0 Å². The third-order valence-electron chi connectivity index (χ3n) is 6.60. The van der Waals surface area contributed by atoms with E-state index in [2.05, 4.69) is 31.9 Å². The highest BCUT2D eigenvalue weighted by Gasteiger charge is 2.23. The number of carbonyl (C=O) groups is 3. The van der Waals surface area contributed by atoms with Crippen molar-refractivity contribution in [1.29, 1.82) is 0 Å². The number of halogens is 3. The van der Waals surface area contributed by atoms with Gasteiger partial charge in [0.1, 0.15) is 10.9 Å². The summed E-state index contributed by atoms with van der Waals surface area (Å²) < 4.78 is 0.891. The summed E-state index contributed by atoms with van der Waals surface area (Å²) >= 11 is 17.2.